The summed E-state index contributed by atoms with van der Waals surface area (Å²) in [5.41, 5.74) is 4.10. The largest absolute Gasteiger partial charge is 0.324 e. The molecule has 0 spiro atoms. The average Bonchev–Trinajstić information content (AvgIpc) is 2.93. The van der Waals surface area contributed by atoms with Crippen LogP contribution in [0, 0.1) is 20.8 Å². The van der Waals surface area contributed by atoms with Crippen LogP contribution in [-0.2, 0) is 0 Å². The second-order valence-corrected chi connectivity index (χ2v) is 6.75. The predicted molar refractivity (Wildman–Crippen MR) is 101 cm³/mol. The fourth-order valence-electron chi connectivity index (χ4n) is 2.15. The lowest BCUT2D eigenvalue weighted by Gasteiger charge is -2.12. The van der Waals surface area contributed by atoms with E-state index in [4.69, 9.17) is 11.6 Å². The molecule has 3 N–H and O–H groups in total. The van der Waals surface area contributed by atoms with Gasteiger partial charge in [0.25, 0.3) is 0 Å². The molecule has 0 unspecified atom stereocenters. The molecule has 0 saturated carbocycles. The molecule has 0 aliphatic rings. The minimum atomic E-state index is 0.421. The Hall–Kier alpha value is -2.12. The summed E-state index contributed by atoms with van der Waals surface area (Å²) in [4.78, 5) is 8.67. The van der Waals surface area contributed by atoms with Gasteiger partial charge in [-0.1, -0.05) is 27.5 Å². The van der Waals surface area contributed by atoms with E-state index in [9.17, 15) is 0 Å². The van der Waals surface area contributed by atoms with Gasteiger partial charge < -0.3 is 10.6 Å². The quantitative estimate of drug-likeness (QED) is 0.565. The second kappa shape index (κ2) is 6.78. The number of nitrogens with zero attached hydrogens (tertiary/aromatic N) is 3. The first-order chi connectivity index (χ1) is 11.4. The monoisotopic (exact) mass is 406 g/mol. The van der Waals surface area contributed by atoms with Crippen molar-refractivity contribution in [2.24, 2.45) is 0 Å². The van der Waals surface area contributed by atoms with Crippen LogP contribution in [-0.4, -0.2) is 20.2 Å². The number of nitrogens with one attached hydrogen (secondary N) is 3. The van der Waals surface area contributed by atoms with E-state index < -0.39 is 0 Å². The molecule has 0 radical (unpaired) electrons. The minimum Gasteiger partial charge on any atom is -0.324 e. The van der Waals surface area contributed by atoms with Gasteiger partial charge in [0.1, 0.15) is 5.02 Å². The Morgan fingerprint density at radius 1 is 1.08 bits per heavy atom. The highest BCUT2D eigenvalue weighted by Crippen LogP contribution is 2.28. The summed E-state index contributed by atoms with van der Waals surface area (Å²) in [6, 6.07) is 5.97. The molecule has 0 bridgehead atoms. The molecule has 0 fully saturated rings. The molecule has 0 saturated heterocycles. The first-order valence-corrected chi connectivity index (χ1v) is 8.45. The average molecular weight is 408 g/mol. The highest BCUT2D eigenvalue weighted by Gasteiger charge is 2.09. The summed E-state index contributed by atoms with van der Waals surface area (Å²) in [7, 11) is 0. The zero-order valence-electron chi connectivity index (χ0n) is 13.4. The van der Waals surface area contributed by atoms with Gasteiger partial charge in [0.05, 0.1) is 6.20 Å². The maximum atomic E-state index is 6.17. The molecule has 8 heteroatoms. The van der Waals surface area contributed by atoms with Crippen LogP contribution >= 0.6 is 27.5 Å². The van der Waals surface area contributed by atoms with Crippen LogP contribution in [0.15, 0.2) is 28.9 Å². The van der Waals surface area contributed by atoms with E-state index >= 15 is 0 Å². The Bertz CT molecular complexity index is 892. The van der Waals surface area contributed by atoms with E-state index in [1.165, 1.54) is 0 Å². The number of anilines is 4. The van der Waals surface area contributed by atoms with Crippen molar-refractivity contribution in [1.82, 2.24) is 20.2 Å². The van der Waals surface area contributed by atoms with Crippen molar-refractivity contribution in [3.63, 3.8) is 0 Å². The summed E-state index contributed by atoms with van der Waals surface area (Å²) in [5, 5.41) is 13.7. The maximum absolute atomic E-state index is 6.17. The highest BCUT2D eigenvalue weighted by atomic mass is 79.9. The third kappa shape index (κ3) is 3.68. The molecule has 2 heterocycles. The fraction of sp³-hybridized carbons (Fsp3) is 0.188. The predicted octanol–water partition coefficient (Wildman–Crippen LogP) is 5.03. The molecule has 1 aromatic carbocycles. The topological polar surface area (TPSA) is 78.5 Å². The van der Waals surface area contributed by atoms with Crippen LogP contribution in [0.5, 0.6) is 0 Å². The number of aryl methyl sites for hydroxylation is 3. The Morgan fingerprint density at radius 2 is 1.88 bits per heavy atom. The Labute approximate surface area is 153 Å². The standard InChI is InChI=1S/C16H16BrClN6/c1-8-5-13(9(2)4-11(8)17)20-16-19-7-12(18)15(22-16)21-14-6-10(3)23-24-14/h4-7H,1-3H3,(H3,19,20,21,22,23,24). The van der Waals surface area contributed by atoms with Gasteiger partial charge in [0.15, 0.2) is 11.6 Å². The Kier molecular flexibility index (Phi) is 4.73. The van der Waals surface area contributed by atoms with Crippen molar-refractivity contribution in [2.75, 3.05) is 10.6 Å². The number of hydrogen-bond donors (Lipinski definition) is 3. The van der Waals surface area contributed by atoms with E-state index in [1.54, 1.807) is 6.20 Å². The molecule has 6 nitrogen and oxygen atoms in total. The zero-order chi connectivity index (χ0) is 17.3. The van der Waals surface area contributed by atoms with Crippen LogP contribution in [0.1, 0.15) is 16.8 Å². The van der Waals surface area contributed by atoms with Gasteiger partial charge >= 0.3 is 0 Å². The van der Waals surface area contributed by atoms with Gasteiger partial charge in [-0.3, -0.25) is 5.10 Å². The number of H-pyrrole nitrogens is 1. The van der Waals surface area contributed by atoms with Gasteiger partial charge in [0.2, 0.25) is 5.95 Å². The first kappa shape index (κ1) is 16.7. The van der Waals surface area contributed by atoms with Gasteiger partial charge in [-0.15, -0.1) is 0 Å². The third-order valence-corrected chi connectivity index (χ3v) is 4.58. The van der Waals surface area contributed by atoms with Crippen molar-refractivity contribution in [3.05, 3.63) is 50.7 Å². The molecule has 124 valence electrons. The third-order valence-electron chi connectivity index (χ3n) is 3.45. The van der Waals surface area contributed by atoms with E-state index in [0.29, 0.717) is 22.6 Å². The van der Waals surface area contributed by atoms with Crippen LogP contribution in [0.25, 0.3) is 0 Å². The summed E-state index contributed by atoms with van der Waals surface area (Å²) >= 11 is 9.70. The lowest BCUT2D eigenvalue weighted by atomic mass is 10.1. The number of rotatable bonds is 4. The highest BCUT2D eigenvalue weighted by molar-refractivity contribution is 9.10. The van der Waals surface area contributed by atoms with Crippen molar-refractivity contribution in [1.29, 1.82) is 0 Å². The van der Waals surface area contributed by atoms with E-state index in [1.807, 2.05) is 32.9 Å². The van der Waals surface area contributed by atoms with Crippen LogP contribution in [0.4, 0.5) is 23.3 Å². The van der Waals surface area contributed by atoms with Crippen LogP contribution < -0.4 is 10.6 Å². The normalized spacial score (nSPS) is 10.7. The smallest absolute Gasteiger partial charge is 0.229 e. The molecule has 24 heavy (non-hydrogen) atoms. The first-order valence-electron chi connectivity index (χ1n) is 7.27. The van der Waals surface area contributed by atoms with E-state index in [0.717, 1.165) is 27.0 Å². The van der Waals surface area contributed by atoms with E-state index in [2.05, 4.69) is 52.8 Å². The van der Waals surface area contributed by atoms with Gasteiger partial charge in [-0.05, 0) is 44.0 Å². The number of hydrogen-bond acceptors (Lipinski definition) is 5. The molecular weight excluding hydrogens is 392 g/mol. The fourth-order valence-corrected chi connectivity index (χ4v) is 2.75. The molecule has 3 rings (SSSR count). The Balaban J connectivity index is 1.87. The lowest BCUT2D eigenvalue weighted by Crippen LogP contribution is -2.03. The minimum absolute atomic E-state index is 0.421. The number of halogens is 2. The summed E-state index contributed by atoms with van der Waals surface area (Å²) in [5.74, 6) is 1.60. The van der Waals surface area contributed by atoms with Crippen molar-refractivity contribution in [2.45, 2.75) is 20.8 Å². The van der Waals surface area contributed by atoms with Gasteiger partial charge in [-0.25, -0.2) is 4.98 Å². The van der Waals surface area contributed by atoms with Crippen LogP contribution in [0.2, 0.25) is 5.02 Å². The summed E-state index contributed by atoms with van der Waals surface area (Å²) < 4.78 is 1.07. The molecule has 0 aliphatic heterocycles. The van der Waals surface area contributed by atoms with Crippen molar-refractivity contribution >= 4 is 50.8 Å². The SMILES string of the molecule is Cc1cc(Nc2nc(Nc3cc(C)c(Br)cc3C)ncc2Cl)n[nH]1. The molecular formula is C16H16BrClN6. The zero-order valence-corrected chi connectivity index (χ0v) is 15.7. The second-order valence-electron chi connectivity index (χ2n) is 5.49. The maximum Gasteiger partial charge on any atom is 0.229 e. The molecule has 0 atom stereocenters. The summed E-state index contributed by atoms with van der Waals surface area (Å²) in [6.07, 6.45) is 1.56. The van der Waals surface area contributed by atoms with Gasteiger partial charge in [0, 0.05) is 21.9 Å². The van der Waals surface area contributed by atoms with Crippen molar-refractivity contribution in [3.8, 4) is 0 Å². The molecule has 0 amide bonds. The lowest BCUT2D eigenvalue weighted by molar-refractivity contribution is 1.05. The van der Waals surface area contributed by atoms with Crippen LogP contribution in [0.3, 0.4) is 0 Å². The van der Waals surface area contributed by atoms with Crippen molar-refractivity contribution < 1.29 is 0 Å². The van der Waals surface area contributed by atoms with E-state index in [-0.39, 0.29) is 0 Å². The molecule has 0 aliphatic carbocycles. The number of aromatic amines is 1. The van der Waals surface area contributed by atoms with Gasteiger partial charge in [-0.2, -0.15) is 10.1 Å². The Morgan fingerprint density at radius 3 is 2.58 bits per heavy atom. The molecule has 2 aromatic heterocycles. The summed E-state index contributed by atoms with van der Waals surface area (Å²) in [6.45, 7) is 5.98. The molecule has 3 aromatic rings. The number of aromatic nitrogens is 4. The number of benzene rings is 1.